The van der Waals surface area contributed by atoms with Crippen LogP contribution in [0.5, 0.6) is 0 Å². The van der Waals surface area contributed by atoms with Crippen LogP contribution in [-0.4, -0.2) is 34.8 Å². The van der Waals surface area contributed by atoms with E-state index in [0.717, 1.165) is 0 Å². The fourth-order valence-electron chi connectivity index (χ4n) is 0.274. The van der Waals surface area contributed by atoms with Gasteiger partial charge in [-0.15, -0.1) is 0 Å². The minimum absolute atomic E-state index is 0.284. The summed E-state index contributed by atoms with van der Waals surface area (Å²) in [7, 11) is 0. The summed E-state index contributed by atoms with van der Waals surface area (Å²) in [4.78, 5) is 0. The zero-order chi connectivity index (χ0) is 6.57. The summed E-state index contributed by atoms with van der Waals surface area (Å²) in [5.74, 6) is -0.602. The lowest BCUT2D eigenvalue weighted by molar-refractivity contribution is 0.0360. The maximum atomic E-state index is 8.47. The monoisotopic (exact) mass is 121 g/mol. The highest BCUT2D eigenvalue weighted by atomic mass is 16.3. The molecule has 0 saturated carbocycles. The van der Waals surface area contributed by atoms with Crippen molar-refractivity contribution < 1.29 is 15.3 Å². The molecule has 8 heavy (non-hydrogen) atoms. The van der Waals surface area contributed by atoms with Crippen molar-refractivity contribution in [1.82, 2.24) is 0 Å². The van der Waals surface area contributed by atoms with E-state index in [1.165, 1.54) is 0 Å². The molecule has 0 saturated heterocycles. The standard InChI is InChI=1S/C4H11NO3/c5-4(8)3(1-6)2-7/h3-4,6-8H,1-2,5H2. The first-order chi connectivity index (χ1) is 3.72. The molecule has 0 bridgehead atoms. The van der Waals surface area contributed by atoms with Crippen LogP contribution in [-0.2, 0) is 0 Å². The first-order valence-corrected chi connectivity index (χ1v) is 2.37. The van der Waals surface area contributed by atoms with Crippen LogP contribution in [0.15, 0.2) is 0 Å². The second-order valence-corrected chi connectivity index (χ2v) is 1.62. The van der Waals surface area contributed by atoms with Crippen LogP contribution in [0.2, 0.25) is 0 Å². The normalized spacial score (nSPS) is 14.6. The number of rotatable bonds is 3. The molecule has 0 aliphatic carbocycles. The molecule has 0 radical (unpaired) electrons. The Morgan fingerprint density at radius 1 is 1.25 bits per heavy atom. The lowest BCUT2D eigenvalue weighted by Crippen LogP contribution is -2.34. The SMILES string of the molecule is NC(O)C(CO)CO. The van der Waals surface area contributed by atoms with Crippen molar-refractivity contribution in [2.45, 2.75) is 6.23 Å². The molecular weight excluding hydrogens is 110 g/mol. The molecule has 1 atom stereocenters. The predicted octanol–water partition coefficient (Wildman–Crippen LogP) is -2.14. The lowest BCUT2D eigenvalue weighted by atomic mass is 10.1. The fourth-order valence-corrected chi connectivity index (χ4v) is 0.274. The van der Waals surface area contributed by atoms with Gasteiger partial charge in [0.2, 0.25) is 0 Å². The Bertz CT molecular complexity index is 53.2. The van der Waals surface area contributed by atoms with E-state index in [-0.39, 0.29) is 13.2 Å². The summed E-state index contributed by atoms with van der Waals surface area (Å²) in [6.45, 7) is -0.567. The summed E-state index contributed by atoms with van der Waals surface area (Å²) in [5.41, 5.74) is 4.89. The Morgan fingerprint density at radius 2 is 1.62 bits per heavy atom. The molecule has 0 aromatic heterocycles. The Kier molecular flexibility index (Phi) is 3.72. The van der Waals surface area contributed by atoms with Crippen molar-refractivity contribution >= 4 is 0 Å². The third kappa shape index (κ3) is 2.23. The maximum Gasteiger partial charge on any atom is 0.109 e. The molecule has 0 amide bonds. The van der Waals surface area contributed by atoms with Gasteiger partial charge in [-0.2, -0.15) is 0 Å². The van der Waals surface area contributed by atoms with Crippen LogP contribution in [0, 0.1) is 5.92 Å². The number of nitrogens with two attached hydrogens (primary N) is 1. The molecule has 0 fully saturated rings. The van der Waals surface area contributed by atoms with Crippen LogP contribution in [0.1, 0.15) is 0 Å². The van der Waals surface area contributed by atoms with E-state index in [0.29, 0.717) is 0 Å². The minimum atomic E-state index is -1.12. The second-order valence-electron chi connectivity index (χ2n) is 1.62. The molecule has 0 aliphatic heterocycles. The summed E-state index contributed by atoms with van der Waals surface area (Å²) in [6.07, 6.45) is -1.12. The van der Waals surface area contributed by atoms with Crippen LogP contribution >= 0.6 is 0 Å². The van der Waals surface area contributed by atoms with E-state index in [4.69, 9.17) is 21.1 Å². The zero-order valence-electron chi connectivity index (χ0n) is 4.49. The molecular formula is C4H11NO3. The molecule has 0 rings (SSSR count). The summed E-state index contributed by atoms with van der Waals surface area (Å²) in [6, 6.07) is 0. The number of aliphatic hydroxyl groups is 3. The lowest BCUT2D eigenvalue weighted by Gasteiger charge is -2.12. The van der Waals surface area contributed by atoms with Gasteiger partial charge in [0.1, 0.15) is 6.23 Å². The van der Waals surface area contributed by atoms with Gasteiger partial charge in [-0.25, -0.2) is 0 Å². The van der Waals surface area contributed by atoms with Crippen molar-refractivity contribution in [3.05, 3.63) is 0 Å². The molecule has 0 aromatic carbocycles. The maximum absolute atomic E-state index is 8.47. The summed E-state index contributed by atoms with van der Waals surface area (Å²) in [5, 5.41) is 25.1. The van der Waals surface area contributed by atoms with Crippen molar-refractivity contribution in [3.63, 3.8) is 0 Å². The van der Waals surface area contributed by atoms with E-state index in [1.54, 1.807) is 0 Å². The van der Waals surface area contributed by atoms with Crippen LogP contribution in [0.3, 0.4) is 0 Å². The number of aliphatic hydroxyl groups excluding tert-OH is 3. The number of hydrogen-bond acceptors (Lipinski definition) is 4. The molecule has 4 heteroatoms. The van der Waals surface area contributed by atoms with E-state index in [2.05, 4.69) is 0 Å². The smallest absolute Gasteiger partial charge is 0.109 e. The summed E-state index contributed by atoms with van der Waals surface area (Å²) < 4.78 is 0. The molecule has 50 valence electrons. The molecule has 4 nitrogen and oxygen atoms in total. The van der Waals surface area contributed by atoms with Gasteiger partial charge in [0.25, 0.3) is 0 Å². The van der Waals surface area contributed by atoms with E-state index in [9.17, 15) is 0 Å². The van der Waals surface area contributed by atoms with Gasteiger partial charge in [-0.05, 0) is 0 Å². The van der Waals surface area contributed by atoms with Crippen molar-refractivity contribution in [3.8, 4) is 0 Å². The van der Waals surface area contributed by atoms with Gasteiger partial charge in [0, 0.05) is 5.92 Å². The third-order valence-electron chi connectivity index (χ3n) is 0.952. The Hall–Kier alpha value is -0.160. The highest BCUT2D eigenvalue weighted by Crippen LogP contribution is 1.93. The van der Waals surface area contributed by atoms with Crippen molar-refractivity contribution in [2.24, 2.45) is 11.7 Å². The van der Waals surface area contributed by atoms with Gasteiger partial charge in [-0.3, -0.25) is 0 Å². The Labute approximate surface area is 47.6 Å². The average molecular weight is 121 g/mol. The first-order valence-electron chi connectivity index (χ1n) is 2.37. The number of hydrogen-bond donors (Lipinski definition) is 4. The molecule has 0 aliphatic rings. The largest absolute Gasteiger partial charge is 0.396 e. The van der Waals surface area contributed by atoms with E-state index < -0.39 is 12.1 Å². The van der Waals surface area contributed by atoms with Crippen LogP contribution < -0.4 is 5.73 Å². The highest BCUT2D eigenvalue weighted by molar-refractivity contribution is 4.58. The second kappa shape index (κ2) is 3.80. The molecule has 0 aromatic rings. The highest BCUT2D eigenvalue weighted by Gasteiger charge is 2.11. The predicted molar refractivity (Wildman–Crippen MR) is 27.9 cm³/mol. The molecule has 0 heterocycles. The van der Waals surface area contributed by atoms with Crippen molar-refractivity contribution in [1.29, 1.82) is 0 Å². The molecule has 0 spiro atoms. The van der Waals surface area contributed by atoms with Gasteiger partial charge < -0.3 is 21.1 Å². The molecule has 1 unspecified atom stereocenters. The van der Waals surface area contributed by atoms with E-state index in [1.807, 2.05) is 0 Å². The zero-order valence-corrected chi connectivity index (χ0v) is 4.49. The van der Waals surface area contributed by atoms with Gasteiger partial charge in [0.05, 0.1) is 13.2 Å². The summed E-state index contributed by atoms with van der Waals surface area (Å²) >= 11 is 0. The third-order valence-corrected chi connectivity index (χ3v) is 0.952. The minimum Gasteiger partial charge on any atom is -0.396 e. The van der Waals surface area contributed by atoms with Crippen LogP contribution in [0.25, 0.3) is 0 Å². The van der Waals surface area contributed by atoms with Gasteiger partial charge in [-0.1, -0.05) is 0 Å². The topological polar surface area (TPSA) is 86.7 Å². The van der Waals surface area contributed by atoms with Gasteiger partial charge >= 0.3 is 0 Å². The Balaban J connectivity index is 3.35. The fraction of sp³-hybridized carbons (Fsp3) is 1.00. The average Bonchev–Trinajstić information content (AvgIpc) is 1.69. The first kappa shape index (κ1) is 7.84. The quantitative estimate of drug-likeness (QED) is 0.321. The van der Waals surface area contributed by atoms with Gasteiger partial charge in [0.15, 0.2) is 0 Å². The van der Waals surface area contributed by atoms with Crippen molar-refractivity contribution in [2.75, 3.05) is 13.2 Å². The van der Waals surface area contributed by atoms with E-state index >= 15 is 0 Å². The molecule has 5 N–H and O–H groups in total. The Morgan fingerprint density at radius 3 is 1.62 bits per heavy atom. The van der Waals surface area contributed by atoms with Crippen LogP contribution in [0.4, 0.5) is 0 Å².